The molecule has 1 aliphatic heterocycles. The molecule has 104 valence electrons. The van der Waals surface area contributed by atoms with E-state index in [9.17, 15) is 18.0 Å². The molecule has 1 atom stereocenters. The molecule has 1 heterocycles. The van der Waals surface area contributed by atoms with Gasteiger partial charge in [0.25, 0.3) is 0 Å². The molecule has 0 aromatic heterocycles. The van der Waals surface area contributed by atoms with E-state index in [1.807, 2.05) is 0 Å². The number of hydrogen-bond acceptors (Lipinski definition) is 2. The molecule has 2 rings (SSSR count). The van der Waals surface area contributed by atoms with Crippen molar-refractivity contribution in [2.75, 3.05) is 19.7 Å². The molecule has 0 bridgehead atoms. The summed E-state index contributed by atoms with van der Waals surface area (Å²) in [6.07, 6.45) is 0.393. The summed E-state index contributed by atoms with van der Waals surface area (Å²) < 4.78 is 39.2. The minimum atomic E-state index is -1.27. The van der Waals surface area contributed by atoms with Crippen molar-refractivity contribution in [3.05, 3.63) is 35.1 Å². The predicted molar refractivity (Wildman–Crippen MR) is 61.8 cm³/mol. The molecule has 19 heavy (non-hydrogen) atoms. The average molecular weight is 273 g/mol. The molecule has 6 heteroatoms. The Bertz CT molecular complexity index is 493. The second-order valence-electron chi connectivity index (χ2n) is 4.71. The standard InChI is InChI=1S/C13H14F3NO2/c14-10-5-12(16)11(15)3-9(10)4-13(19)17-2-1-8(6-17)7-18/h3,5,8,18H,1-2,4,6-7H2/t8-/m0/s1. The molecule has 1 saturated heterocycles. The molecule has 0 unspecified atom stereocenters. The SMILES string of the molecule is O=C(Cc1cc(F)c(F)cc1F)N1CC[C@H](CO)C1. The number of benzene rings is 1. The van der Waals surface area contributed by atoms with Crippen LogP contribution in [0.1, 0.15) is 12.0 Å². The lowest BCUT2D eigenvalue weighted by atomic mass is 10.1. The van der Waals surface area contributed by atoms with Crippen LogP contribution in [0.15, 0.2) is 12.1 Å². The van der Waals surface area contributed by atoms with Crippen molar-refractivity contribution in [3.63, 3.8) is 0 Å². The molecule has 0 spiro atoms. The summed E-state index contributed by atoms with van der Waals surface area (Å²) in [7, 11) is 0. The largest absolute Gasteiger partial charge is 0.396 e. The van der Waals surface area contributed by atoms with Crippen molar-refractivity contribution >= 4 is 5.91 Å². The molecule has 0 radical (unpaired) electrons. The van der Waals surface area contributed by atoms with Crippen LogP contribution in [0.3, 0.4) is 0 Å². The summed E-state index contributed by atoms with van der Waals surface area (Å²) in [6.45, 7) is 0.916. The van der Waals surface area contributed by atoms with Gasteiger partial charge in [0.05, 0.1) is 6.42 Å². The third-order valence-electron chi connectivity index (χ3n) is 3.33. The number of aliphatic hydroxyl groups is 1. The minimum Gasteiger partial charge on any atom is -0.396 e. The van der Waals surface area contributed by atoms with Gasteiger partial charge in [0.15, 0.2) is 11.6 Å². The van der Waals surface area contributed by atoms with Gasteiger partial charge in [-0.3, -0.25) is 4.79 Å². The molecule has 1 aromatic carbocycles. The Balaban J connectivity index is 2.05. The zero-order valence-electron chi connectivity index (χ0n) is 10.2. The number of hydrogen-bond donors (Lipinski definition) is 1. The topological polar surface area (TPSA) is 40.5 Å². The number of nitrogens with zero attached hydrogens (tertiary/aromatic N) is 1. The molecule has 1 amide bonds. The van der Waals surface area contributed by atoms with Crippen molar-refractivity contribution in [3.8, 4) is 0 Å². The van der Waals surface area contributed by atoms with Crippen LogP contribution in [-0.4, -0.2) is 35.6 Å². The first-order valence-corrected chi connectivity index (χ1v) is 6.03. The van der Waals surface area contributed by atoms with Gasteiger partial charge in [-0.2, -0.15) is 0 Å². The van der Waals surface area contributed by atoms with Crippen molar-refractivity contribution in [2.24, 2.45) is 5.92 Å². The number of carbonyl (C=O) groups is 1. The van der Waals surface area contributed by atoms with Gasteiger partial charge in [-0.05, 0) is 12.5 Å². The van der Waals surface area contributed by atoms with Crippen LogP contribution in [0.4, 0.5) is 13.2 Å². The first-order valence-electron chi connectivity index (χ1n) is 6.03. The fourth-order valence-electron chi connectivity index (χ4n) is 2.18. The molecular weight excluding hydrogens is 259 g/mol. The van der Waals surface area contributed by atoms with Crippen molar-refractivity contribution in [1.29, 1.82) is 0 Å². The molecule has 3 nitrogen and oxygen atoms in total. The van der Waals surface area contributed by atoms with E-state index in [1.165, 1.54) is 4.90 Å². The first-order chi connectivity index (χ1) is 9.01. The third-order valence-corrected chi connectivity index (χ3v) is 3.33. The molecule has 0 aliphatic carbocycles. The smallest absolute Gasteiger partial charge is 0.227 e. The van der Waals surface area contributed by atoms with Gasteiger partial charge >= 0.3 is 0 Å². The lowest BCUT2D eigenvalue weighted by Gasteiger charge is -2.16. The fraction of sp³-hybridized carbons (Fsp3) is 0.462. The molecule has 1 aromatic rings. The third kappa shape index (κ3) is 3.07. The van der Waals surface area contributed by atoms with E-state index in [-0.39, 0.29) is 30.4 Å². The van der Waals surface area contributed by atoms with E-state index >= 15 is 0 Å². The van der Waals surface area contributed by atoms with Gasteiger partial charge in [-0.15, -0.1) is 0 Å². The van der Waals surface area contributed by atoms with Crippen molar-refractivity contribution < 1.29 is 23.1 Å². The van der Waals surface area contributed by atoms with E-state index in [4.69, 9.17) is 5.11 Å². The maximum absolute atomic E-state index is 13.4. The zero-order chi connectivity index (χ0) is 14.0. The van der Waals surface area contributed by atoms with Crippen LogP contribution >= 0.6 is 0 Å². The molecule has 1 fully saturated rings. The second kappa shape index (κ2) is 5.61. The van der Waals surface area contributed by atoms with Gasteiger partial charge in [-0.25, -0.2) is 13.2 Å². The van der Waals surface area contributed by atoms with E-state index < -0.39 is 17.5 Å². The number of amides is 1. The highest BCUT2D eigenvalue weighted by Gasteiger charge is 2.26. The normalized spacial score (nSPS) is 18.9. The van der Waals surface area contributed by atoms with Gasteiger partial charge in [0.2, 0.25) is 5.91 Å². The Morgan fingerprint density at radius 1 is 1.26 bits per heavy atom. The van der Waals surface area contributed by atoms with Crippen LogP contribution < -0.4 is 0 Å². The van der Waals surface area contributed by atoms with Gasteiger partial charge in [0.1, 0.15) is 5.82 Å². The maximum atomic E-state index is 13.4. The average Bonchev–Trinajstić information content (AvgIpc) is 2.84. The van der Waals surface area contributed by atoms with E-state index in [1.54, 1.807) is 0 Å². The van der Waals surface area contributed by atoms with Crippen LogP contribution in [0.25, 0.3) is 0 Å². The summed E-state index contributed by atoms with van der Waals surface area (Å²) in [5.41, 5.74) is -0.156. The van der Waals surface area contributed by atoms with Crippen LogP contribution in [-0.2, 0) is 11.2 Å². The second-order valence-corrected chi connectivity index (χ2v) is 4.71. The van der Waals surface area contributed by atoms with Gasteiger partial charge in [0, 0.05) is 37.2 Å². The summed E-state index contributed by atoms with van der Waals surface area (Å²) in [4.78, 5) is 13.4. The van der Waals surface area contributed by atoms with E-state index in [0.717, 1.165) is 0 Å². The highest BCUT2D eigenvalue weighted by molar-refractivity contribution is 5.79. The number of aliphatic hydroxyl groups excluding tert-OH is 1. The maximum Gasteiger partial charge on any atom is 0.227 e. The summed E-state index contributed by atoms with van der Waals surface area (Å²) >= 11 is 0. The van der Waals surface area contributed by atoms with Gasteiger partial charge in [-0.1, -0.05) is 0 Å². The molecule has 1 aliphatic rings. The summed E-state index contributed by atoms with van der Waals surface area (Å²) in [6, 6.07) is 1.15. The summed E-state index contributed by atoms with van der Waals surface area (Å²) in [5.74, 6) is -3.67. The predicted octanol–water partition coefficient (Wildman–Crippen LogP) is 1.49. The molecule has 1 N–H and O–H groups in total. The number of rotatable bonds is 3. The van der Waals surface area contributed by atoms with Crippen LogP contribution in [0.5, 0.6) is 0 Å². The highest BCUT2D eigenvalue weighted by atomic mass is 19.2. The van der Waals surface area contributed by atoms with E-state index in [2.05, 4.69) is 0 Å². The van der Waals surface area contributed by atoms with Crippen molar-refractivity contribution in [1.82, 2.24) is 4.90 Å². The lowest BCUT2D eigenvalue weighted by molar-refractivity contribution is -0.129. The minimum absolute atomic E-state index is 0.00329. The quantitative estimate of drug-likeness (QED) is 0.848. The Morgan fingerprint density at radius 3 is 2.58 bits per heavy atom. The fourth-order valence-corrected chi connectivity index (χ4v) is 2.18. The number of halogens is 3. The Morgan fingerprint density at radius 2 is 1.95 bits per heavy atom. The lowest BCUT2D eigenvalue weighted by Crippen LogP contribution is -2.30. The van der Waals surface area contributed by atoms with Crippen molar-refractivity contribution in [2.45, 2.75) is 12.8 Å². The Labute approximate surface area is 108 Å². The molecular formula is C13H14F3NO2. The van der Waals surface area contributed by atoms with E-state index in [0.29, 0.717) is 31.6 Å². The Kier molecular flexibility index (Phi) is 4.09. The zero-order valence-corrected chi connectivity index (χ0v) is 10.2. The molecule has 0 saturated carbocycles. The van der Waals surface area contributed by atoms with Crippen LogP contribution in [0.2, 0.25) is 0 Å². The number of carbonyl (C=O) groups excluding carboxylic acids is 1. The van der Waals surface area contributed by atoms with Crippen LogP contribution in [0, 0.1) is 23.4 Å². The van der Waals surface area contributed by atoms with Gasteiger partial charge < -0.3 is 10.0 Å². The highest BCUT2D eigenvalue weighted by Crippen LogP contribution is 2.19. The monoisotopic (exact) mass is 273 g/mol. The summed E-state index contributed by atoms with van der Waals surface area (Å²) in [5, 5.41) is 8.98. The Hall–Kier alpha value is -1.56. The number of likely N-dealkylation sites (tertiary alicyclic amines) is 1. The first kappa shape index (κ1) is 13.9.